The van der Waals surface area contributed by atoms with Gasteiger partial charge in [-0.3, -0.25) is 47.9 Å². The molecule has 0 aliphatic carbocycles. The lowest BCUT2D eigenvalue weighted by molar-refractivity contribution is -0.158. The summed E-state index contributed by atoms with van der Waals surface area (Å²) in [5, 5.41) is 10.8. The largest absolute Gasteiger partial charge is 0.468 e. The summed E-state index contributed by atoms with van der Waals surface area (Å²) < 4.78 is 16.1. The maximum atomic E-state index is 15.1. The molecule has 0 rings (SSSR count). The van der Waals surface area contributed by atoms with E-state index in [0.717, 1.165) is 4.90 Å². The van der Waals surface area contributed by atoms with Gasteiger partial charge in [-0.2, -0.15) is 0 Å². The molecule has 24 heteroatoms. The Balaban J connectivity index is 7.04. The molecule has 4 N–H and O–H groups in total. The number of allylic oxidation sites excluding steroid dienone is 2. The van der Waals surface area contributed by atoms with Gasteiger partial charge < -0.3 is 64.9 Å². The first-order valence-corrected chi connectivity index (χ1v) is 30.3. The van der Waals surface area contributed by atoms with Crippen LogP contribution in [0.2, 0.25) is 0 Å². The van der Waals surface area contributed by atoms with Gasteiger partial charge in [-0.1, -0.05) is 95.2 Å². The lowest BCUT2D eigenvalue weighted by atomic mass is 9.91. The Morgan fingerprint density at radius 2 is 0.953 bits per heavy atom. The summed E-state index contributed by atoms with van der Waals surface area (Å²) >= 11 is 0. The summed E-state index contributed by atoms with van der Waals surface area (Å²) in [6, 6.07) is -10.4. The van der Waals surface area contributed by atoms with Gasteiger partial charge >= 0.3 is 12.1 Å². The van der Waals surface area contributed by atoms with Crippen LogP contribution in [-0.2, 0) is 62.2 Å². The van der Waals surface area contributed by atoms with Gasteiger partial charge in [-0.05, 0) is 109 Å². The van der Waals surface area contributed by atoms with E-state index in [1.807, 2.05) is 67.5 Å². The van der Waals surface area contributed by atoms with Crippen LogP contribution >= 0.6 is 0 Å². The SMILES string of the molecule is C/C=C/C[C@@H](C)[C@@H](OC)[C@@H](C(=O)N[C@@H](CC)C(=O)N(C)CC(=O)OC)N(C)C(=O)[C@H](C(C)C)N(C)C(=O)[C@H](CC(C)C)N(C)C(=O)[C@H](CC(C)C)N(C)C(=O)[C@@H](C)NC(=O)[C@H](C)NC(=O)[C@@H](CC(C)C)N(C)C(=O)[C@@H](NC(=O)OC(C)(C)C)C(C)C. The monoisotopic (exact) mass is 1220 g/mol. The summed E-state index contributed by atoms with van der Waals surface area (Å²) in [4.78, 5) is 162. The number of amides is 10. The highest BCUT2D eigenvalue weighted by Crippen LogP contribution is 2.26. The molecule has 0 aromatic heterocycles. The van der Waals surface area contributed by atoms with Crippen LogP contribution in [0.4, 0.5) is 4.79 Å². The van der Waals surface area contributed by atoms with Crippen molar-refractivity contribution in [3.05, 3.63) is 12.2 Å². The van der Waals surface area contributed by atoms with Crippen molar-refractivity contribution < 1.29 is 67.0 Å². The van der Waals surface area contributed by atoms with Gasteiger partial charge in [0.15, 0.2) is 0 Å². The van der Waals surface area contributed by atoms with Crippen molar-refractivity contribution in [1.29, 1.82) is 0 Å². The van der Waals surface area contributed by atoms with Gasteiger partial charge in [0.2, 0.25) is 53.2 Å². The molecule has 0 aromatic rings. The topological polar surface area (TPSA) is 283 Å². The lowest BCUT2D eigenvalue weighted by Gasteiger charge is -2.42. The minimum absolute atomic E-state index is 0.0732. The second kappa shape index (κ2) is 36.7. The van der Waals surface area contributed by atoms with E-state index >= 15 is 9.59 Å². The number of methoxy groups -OCH3 is 2. The third-order valence-corrected chi connectivity index (χ3v) is 15.1. The molecule has 0 radical (unpaired) electrons. The van der Waals surface area contributed by atoms with E-state index in [4.69, 9.17) is 14.2 Å². The third-order valence-electron chi connectivity index (χ3n) is 15.1. The molecule has 0 saturated carbocycles. The van der Waals surface area contributed by atoms with Gasteiger partial charge in [0.05, 0.1) is 13.2 Å². The number of carbonyl (C=O) groups excluding carboxylic acids is 11. The van der Waals surface area contributed by atoms with Gasteiger partial charge in [0, 0.05) is 49.4 Å². The lowest BCUT2D eigenvalue weighted by Crippen LogP contribution is -2.63. The van der Waals surface area contributed by atoms with Crippen molar-refractivity contribution in [3.63, 3.8) is 0 Å². The molecule has 0 unspecified atom stereocenters. The van der Waals surface area contributed by atoms with E-state index in [0.29, 0.717) is 6.42 Å². The van der Waals surface area contributed by atoms with E-state index in [9.17, 15) is 43.2 Å². The molecule has 0 aliphatic heterocycles. The number of alkyl carbamates (subject to hydrolysis) is 1. The Hall–Kier alpha value is -6.33. The average molecular weight is 1220 g/mol. The number of esters is 1. The number of nitrogens with zero attached hydrogens (tertiary/aromatic N) is 6. The van der Waals surface area contributed by atoms with E-state index in [1.165, 1.54) is 94.9 Å². The highest BCUT2D eigenvalue weighted by atomic mass is 16.6. The minimum atomic E-state index is -1.33. The van der Waals surface area contributed by atoms with E-state index < -0.39 is 137 Å². The molecular formula is C62H112N10O14. The minimum Gasteiger partial charge on any atom is -0.468 e. The van der Waals surface area contributed by atoms with Gasteiger partial charge in [0.25, 0.3) is 0 Å². The second-order valence-electron chi connectivity index (χ2n) is 25.9. The number of hydrogen-bond acceptors (Lipinski definition) is 14. The first-order valence-electron chi connectivity index (χ1n) is 30.3. The molecule has 0 spiro atoms. The molecule has 0 aliphatic rings. The van der Waals surface area contributed by atoms with Crippen LogP contribution in [0.15, 0.2) is 12.2 Å². The molecule has 0 heterocycles. The quantitative estimate of drug-likeness (QED) is 0.0506. The molecular weight excluding hydrogens is 1110 g/mol. The average Bonchev–Trinajstić information content (AvgIpc) is 2.98. The smallest absolute Gasteiger partial charge is 0.408 e. The van der Waals surface area contributed by atoms with Crippen molar-refractivity contribution in [3.8, 4) is 0 Å². The zero-order valence-corrected chi connectivity index (χ0v) is 57.0. The Morgan fingerprint density at radius 3 is 1.38 bits per heavy atom. The first kappa shape index (κ1) is 79.7. The van der Waals surface area contributed by atoms with Crippen molar-refractivity contribution >= 4 is 65.2 Å². The molecule has 494 valence electrons. The van der Waals surface area contributed by atoms with Gasteiger partial charge in [-0.25, -0.2) is 4.79 Å². The number of likely N-dealkylation sites (N-methyl/N-ethyl adjacent to an activating group) is 6. The van der Waals surface area contributed by atoms with Crippen molar-refractivity contribution in [2.75, 3.05) is 63.1 Å². The van der Waals surface area contributed by atoms with Crippen LogP contribution in [0.3, 0.4) is 0 Å². The maximum Gasteiger partial charge on any atom is 0.408 e. The van der Waals surface area contributed by atoms with Crippen LogP contribution in [0.25, 0.3) is 0 Å². The van der Waals surface area contributed by atoms with Crippen LogP contribution < -0.4 is 21.3 Å². The molecule has 0 saturated heterocycles. The fourth-order valence-corrected chi connectivity index (χ4v) is 10.1. The van der Waals surface area contributed by atoms with Crippen molar-refractivity contribution in [1.82, 2.24) is 50.7 Å². The van der Waals surface area contributed by atoms with Gasteiger partial charge in [-0.15, -0.1) is 0 Å². The summed E-state index contributed by atoms with van der Waals surface area (Å²) in [6.45, 7) is 31.3. The van der Waals surface area contributed by atoms with E-state index in [1.54, 1.807) is 55.4 Å². The Bertz CT molecular complexity index is 2300. The van der Waals surface area contributed by atoms with E-state index in [2.05, 4.69) is 21.3 Å². The highest BCUT2D eigenvalue weighted by Gasteiger charge is 2.46. The zero-order chi connectivity index (χ0) is 67.2. The second-order valence-corrected chi connectivity index (χ2v) is 25.9. The molecule has 0 bridgehead atoms. The molecule has 24 nitrogen and oxygen atoms in total. The number of nitrogens with one attached hydrogen (secondary N) is 4. The van der Waals surface area contributed by atoms with Crippen molar-refractivity contribution in [2.24, 2.45) is 35.5 Å². The third kappa shape index (κ3) is 24.4. The molecule has 86 heavy (non-hydrogen) atoms. The molecule has 0 aromatic carbocycles. The first-order chi connectivity index (χ1) is 39.6. The summed E-state index contributed by atoms with van der Waals surface area (Å²) in [7, 11) is 11.3. The summed E-state index contributed by atoms with van der Waals surface area (Å²) in [5.74, 6) is -7.87. The van der Waals surface area contributed by atoms with E-state index in [-0.39, 0.29) is 61.8 Å². The number of ether oxygens (including phenoxy) is 3. The predicted octanol–water partition coefficient (Wildman–Crippen LogP) is 4.62. The fraction of sp³-hybridized carbons (Fsp3) is 0.790. The number of rotatable bonds is 34. The zero-order valence-electron chi connectivity index (χ0n) is 57.0. The van der Waals surface area contributed by atoms with Crippen LogP contribution in [0, 0.1) is 35.5 Å². The summed E-state index contributed by atoms with van der Waals surface area (Å²) in [5.41, 5.74) is -0.823. The Kier molecular flexibility index (Phi) is 34.0. The van der Waals surface area contributed by atoms with Gasteiger partial charge in [0.1, 0.15) is 66.5 Å². The Labute approximate surface area is 514 Å². The fourth-order valence-electron chi connectivity index (χ4n) is 10.1. The highest BCUT2D eigenvalue weighted by molar-refractivity contribution is 5.98. The van der Waals surface area contributed by atoms with Crippen molar-refractivity contribution in [2.45, 2.75) is 223 Å². The number of hydrogen-bond donors (Lipinski definition) is 4. The predicted molar refractivity (Wildman–Crippen MR) is 330 cm³/mol. The van der Waals surface area contributed by atoms with Crippen LogP contribution in [0.1, 0.15) is 157 Å². The van der Waals surface area contributed by atoms with Crippen LogP contribution in [-0.4, -0.2) is 224 Å². The Morgan fingerprint density at radius 1 is 0.500 bits per heavy atom. The molecule has 0 fully saturated rings. The normalized spacial score (nSPS) is 15.7. The number of carbonyl (C=O) groups is 11. The maximum absolute atomic E-state index is 15.1. The summed E-state index contributed by atoms with van der Waals surface area (Å²) in [6.07, 6.45) is 3.19. The standard InChI is InChI=1S/C62H112N10O14/c1-27-29-30-40(13)51(85-26)50(54(76)65-43(28-2)56(78)67(19)34-47(73)84-25)72(24)60(82)49(39(11)12)71(23)58(80)46(33-37(7)8)70(22)57(79)45(32-36(5)6)69(21)55(77)42(15)64-52(74)41(14)63-53(75)44(31-35(3)4)68(20)59(81)48(38(9)10)66-61(83)86-62(16,17)18/h27,29,35-46,48-51H,28,30-34H2,1-26H3,(H,63,75)(H,64,74)(H,65,76)(H,66,83)/b29-27+/t40-,41+,42-,43+,44-,45+,46+,48+,49+,50+,51-/m1/s1. The molecule has 11 atom stereocenters. The van der Waals surface area contributed by atoms with Crippen LogP contribution in [0.5, 0.6) is 0 Å². The molecule has 10 amide bonds.